The summed E-state index contributed by atoms with van der Waals surface area (Å²) < 4.78 is 48.2. The maximum atomic E-state index is 12.9. The van der Waals surface area contributed by atoms with Crippen molar-refractivity contribution in [3.8, 4) is 17.1 Å². The van der Waals surface area contributed by atoms with Gasteiger partial charge in [0.2, 0.25) is 0 Å². The van der Waals surface area contributed by atoms with Gasteiger partial charge in [-0.3, -0.25) is 9.69 Å². The van der Waals surface area contributed by atoms with Crippen LogP contribution in [0.3, 0.4) is 0 Å². The monoisotopic (exact) mass is 461 g/mol. The average Bonchev–Trinajstić information content (AvgIpc) is 3.27. The van der Waals surface area contributed by atoms with Gasteiger partial charge in [0.1, 0.15) is 17.3 Å². The Bertz CT molecular complexity index is 1180. The molecule has 1 fully saturated rings. The van der Waals surface area contributed by atoms with Gasteiger partial charge in [-0.2, -0.15) is 0 Å². The van der Waals surface area contributed by atoms with E-state index in [1.807, 2.05) is 31.2 Å². The van der Waals surface area contributed by atoms with Crippen LogP contribution in [0, 0.1) is 6.92 Å². The summed E-state index contributed by atoms with van der Waals surface area (Å²) in [5, 5.41) is 0. The van der Waals surface area contributed by atoms with Crippen LogP contribution in [0.5, 0.6) is 5.75 Å². The molecule has 0 radical (unpaired) electrons. The molecular weight excluding hydrogens is 447 g/mol. The Morgan fingerprint density at radius 3 is 2.48 bits per heavy atom. The van der Waals surface area contributed by atoms with Crippen LogP contribution < -0.4 is 9.64 Å². The molecule has 31 heavy (non-hydrogen) atoms. The highest BCUT2D eigenvalue weighted by atomic mass is 32.2. The Hall–Kier alpha value is -3.04. The maximum absolute atomic E-state index is 12.9. The van der Waals surface area contributed by atoms with E-state index >= 15 is 0 Å². The van der Waals surface area contributed by atoms with Crippen LogP contribution >= 0.6 is 24.0 Å². The lowest BCUT2D eigenvalue weighted by molar-refractivity contribution is -0.274. The summed E-state index contributed by atoms with van der Waals surface area (Å²) in [5.74, 6) is -0.180. The third-order valence-corrected chi connectivity index (χ3v) is 5.67. The van der Waals surface area contributed by atoms with Gasteiger partial charge in [-0.25, -0.2) is 0 Å². The van der Waals surface area contributed by atoms with Crippen molar-refractivity contribution in [3.05, 3.63) is 76.9 Å². The van der Waals surface area contributed by atoms with E-state index in [4.69, 9.17) is 16.6 Å². The van der Waals surface area contributed by atoms with Gasteiger partial charge < -0.3 is 9.15 Å². The predicted molar refractivity (Wildman–Crippen MR) is 118 cm³/mol. The van der Waals surface area contributed by atoms with Crippen molar-refractivity contribution in [2.24, 2.45) is 0 Å². The highest BCUT2D eigenvalue weighted by molar-refractivity contribution is 8.27. The normalized spacial score (nSPS) is 15.7. The number of hydrogen-bond donors (Lipinski definition) is 0. The maximum Gasteiger partial charge on any atom is 0.573 e. The van der Waals surface area contributed by atoms with Gasteiger partial charge >= 0.3 is 6.36 Å². The summed E-state index contributed by atoms with van der Waals surface area (Å²) >= 11 is 6.48. The lowest BCUT2D eigenvalue weighted by Gasteiger charge is -2.14. The number of nitrogens with zero attached hydrogens (tertiary/aromatic N) is 1. The molecule has 1 saturated heterocycles. The van der Waals surface area contributed by atoms with Gasteiger partial charge in [0, 0.05) is 6.08 Å². The second-order valence-corrected chi connectivity index (χ2v) is 8.27. The number of aryl methyl sites for hydroxylation is 1. The molecule has 1 amide bonds. The number of halogens is 3. The molecule has 2 aromatic carbocycles. The molecule has 0 atom stereocenters. The zero-order valence-electron chi connectivity index (χ0n) is 16.0. The number of hydrogen-bond acceptors (Lipinski definition) is 5. The minimum atomic E-state index is -4.82. The first-order valence-electron chi connectivity index (χ1n) is 9.01. The van der Waals surface area contributed by atoms with Crippen molar-refractivity contribution >= 4 is 46.0 Å². The lowest BCUT2D eigenvalue weighted by atomic mass is 10.1. The molecule has 1 aliphatic heterocycles. The third-order valence-electron chi connectivity index (χ3n) is 4.36. The van der Waals surface area contributed by atoms with E-state index in [9.17, 15) is 18.0 Å². The number of ether oxygens (including phenoxy) is 1. The molecule has 4 nitrogen and oxygen atoms in total. The van der Waals surface area contributed by atoms with E-state index in [-0.39, 0.29) is 23.0 Å². The molecule has 2 heterocycles. The smallest absolute Gasteiger partial charge is 0.457 e. The molecule has 0 saturated carbocycles. The Morgan fingerprint density at radius 1 is 1.06 bits per heavy atom. The van der Waals surface area contributed by atoms with E-state index < -0.39 is 6.36 Å². The second-order valence-electron chi connectivity index (χ2n) is 6.60. The zero-order chi connectivity index (χ0) is 22.2. The van der Waals surface area contributed by atoms with Crippen LogP contribution in [0.15, 0.2) is 70.0 Å². The van der Waals surface area contributed by atoms with E-state index in [2.05, 4.69) is 4.74 Å². The molecule has 0 unspecified atom stereocenters. The first-order chi connectivity index (χ1) is 14.7. The van der Waals surface area contributed by atoms with E-state index in [0.29, 0.717) is 20.7 Å². The van der Waals surface area contributed by atoms with Crippen LogP contribution in [-0.2, 0) is 4.79 Å². The van der Waals surface area contributed by atoms with Gasteiger partial charge in [-0.15, -0.1) is 13.2 Å². The molecule has 9 heteroatoms. The quantitative estimate of drug-likeness (QED) is 0.325. The van der Waals surface area contributed by atoms with Crippen molar-refractivity contribution < 1.29 is 27.1 Å². The van der Waals surface area contributed by atoms with Gasteiger partial charge in [0.05, 0.1) is 16.2 Å². The van der Waals surface area contributed by atoms with Gasteiger partial charge in [-0.05, 0) is 43.3 Å². The van der Waals surface area contributed by atoms with Crippen LogP contribution in [0.25, 0.3) is 17.4 Å². The number of thioether (sulfide) groups is 1. The molecule has 1 aromatic heterocycles. The van der Waals surface area contributed by atoms with Crippen molar-refractivity contribution in [3.63, 3.8) is 0 Å². The molecule has 4 rings (SSSR count). The lowest BCUT2D eigenvalue weighted by Crippen LogP contribution is -2.27. The molecule has 158 valence electrons. The fourth-order valence-electron chi connectivity index (χ4n) is 2.97. The highest BCUT2D eigenvalue weighted by Gasteiger charge is 2.34. The number of para-hydroxylation sites is 1. The number of carbonyl (C=O) groups excluding carboxylic acids is 1. The number of benzene rings is 2. The summed E-state index contributed by atoms with van der Waals surface area (Å²) in [6, 6.07) is 16.2. The number of amides is 1. The Labute approximate surface area is 185 Å². The topological polar surface area (TPSA) is 42.7 Å². The molecule has 0 aliphatic carbocycles. The largest absolute Gasteiger partial charge is 0.573 e. The summed E-state index contributed by atoms with van der Waals surface area (Å²) in [6.07, 6.45) is -3.31. The predicted octanol–water partition coefficient (Wildman–Crippen LogP) is 6.56. The minimum absolute atomic E-state index is 0.145. The minimum Gasteiger partial charge on any atom is -0.457 e. The fourth-order valence-corrected chi connectivity index (χ4v) is 4.25. The van der Waals surface area contributed by atoms with Crippen LogP contribution in [0.2, 0.25) is 0 Å². The standard InChI is InChI=1S/C22H14F3NO3S2/c1-13-6-8-14(9-7-13)26-20(27)19(31-21(26)30)12-15-10-11-17(28-15)16-4-2-3-5-18(16)29-22(23,24)25/h2-12H,1H3/b19-12+. The van der Waals surface area contributed by atoms with Gasteiger partial charge in [0.15, 0.2) is 4.32 Å². The summed E-state index contributed by atoms with van der Waals surface area (Å²) in [6.45, 7) is 1.94. The van der Waals surface area contributed by atoms with Gasteiger partial charge in [-0.1, -0.05) is 53.8 Å². The van der Waals surface area contributed by atoms with E-state index in [1.165, 1.54) is 35.2 Å². The number of thiocarbonyl (C=S) groups is 1. The number of rotatable bonds is 4. The Kier molecular flexibility index (Phi) is 5.63. The van der Waals surface area contributed by atoms with Crippen molar-refractivity contribution in [1.82, 2.24) is 0 Å². The average molecular weight is 461 g/mol. The van der Waals surface area contributed by atoms with Crippen LogP contribution in [0.1, 0.15) is 11.3 Å². The first kappa shape index (κ1) is 21.2. The van der Waals surface area contributed by atoms with Gasteiger partial charge in [0.25, 0.3) is 5.91 Å². The molecule has 0 bridgehead atoms. The molecular formula is C22H14F3NO3S2. The molecule has 0 N–H and O–H groups in total. The summed E-state index contributed by atoms with van der Waals surface area (Å²) in [5.41, 5.74) is 1.86. The zero-order valence-corrected chi connectivity index (χ0v) is 17.6. The van der Waals surface area contributed by atoms with Crippen molar-refractivity contribution in [1.29, 1.82) is 0 Å². The van der Waals surface area contributed by atoms with E-state index in [1.54, 1.807) is 12.1 Å². The first-order valence-corrected chi connectivity index (χ1v) is 10.2. The number of anilines is 1. The highest BCUT2D eigenvalue weighted by Crippen LogP contribution is 2.38. The number of carbonyl (C=O) groups is 1. The third kappa shape index (κ3) is 4.67. The molecule has 0 spiro atoms. The fraction of sp³-hybridized carbons (Fsp3) is 0.0909. The Morgan fingerprint density at radius 2 is 1.77 bits per heavy atom. The van der Waals surface area contributed by atoms with E-state index in [0.717, 1.165) is 17.3 Å². The number of furan rings is 1. The van der Waals surface area contributed by atoms with Crippen LogP contribution in [-0.4, -0.2) is 16.6 Å². The van der Waals surface area contributed by atoms with Crippen molar-refractivity contribution in [2.75, 3.05) is 4.90 Å². The van der Waals surface area contributed by atoms with Crippen molar-refractivity contribution in [2.45, 2.75) is 13.3 Å². The Balaban J connectivity index is 1.60. The summed E-state index contributed by atoms with van der Waals surface area (Å²) in [4.78, 5) is 14.6. The SMILES string of the molecule is Cc1ccc(N2C(=O)/C(=C\c3ccc(-c4ccccc4OC(F)(F)F)o3)SC2=S)cc1. The molecule has 1 aliphatic rings. The molecule has 3 aromatic rings. The second kappa shape index (κ2) is 8.24. The summed E-state index contributed by atoms with van der Waals surface area (Å²) in [7, 11) is 0. The number of alkyl halides is 3. The van der Waals surface area contributed by atoms with Crippen LogP contribution in [0.4, 0.5) is 18.9 Å².